The number of nitrogens with zero attached hydrogens (tertiary/aromatic N) is 1. The molecule has 1 heterocycles. The van der Waals surface area contributed by atoms with Crippen LogP contribution in [0.2, 0.25) is 0 Å². The number of thiazole rings is 1. The Balaban J connectivity index is 1.90. The van der Waals surface area contributed by atoms with Crippen LogP contribution < -0.4 is 5.73 Å². The van der Waals surface area contributed by atoms with Gasteiger partial charge in [-0.2, -0.15) is 0 Å². The van der Waals surface area contributed by atoms with Gasteiger partial charge < -0.3 is 5.73 Å². The fraction of sp³-hybridized carbons (Fsp3) is 0.438. The molecule has 0 amide bonds. The van der Waals surface area contributed by atoms with E-state index in [0.29, 0.717) is 17.2 Å². The molecular weight excluding hydrogens is 290 g/mol. The molecule has 1 aromatic heterocycles. The van der Waals surface area contributed by atoms with Crippen LogP contribution >= 0.6 is 11.3 Å². The predicted octanol–water partition coefficient (Wildman–Crippen LogP) is 4.45. The number of nitrogens with two attached hydrogens (primary N) is 1. The number of hydrogen-bond donors (Lipinski definition) is 1. The third-order valence-corrected chi connectivity index (χ3v) is 5.24. The first-order chi connectivity index (χ1) is 9.98. The van der Waals surface area contributed by atoms with Crippen molar-refractivity contribution in [2.75, 3.05) is 0 Å². The van der Waals surface area contributed by atoms with E-state index in [9.17, 15) is 8.78 Å². The van der Waals surface area contributed by atoms with Crippen LogP contribution in [0.15, 0.2) is 23.6 Å². The highest BCUT2D eigenvalue weighted by molar-refractivity contribution is 7.10. The monoisotopic (exact) mass is 308 g/mol. The highest BCUT2D eigenvalue weighted by Gasteiger charge is 2.35. The molecule has 2 nitrogen and oxygen atoms in total. The number of benzene rings is 1. The number of aromatic nitrogens is 1. The Kier molecular flexibility index (Phi) is 3.80. The smallest absolute Gasteiger partial charge is 0.159 e. The summed E-state index contributed by atoms with van der Waals surface area (Å²) >= 11 is 1.51. The van der Waals surface area contributed by atoms with Gasteiger partial charge >= 0.3 is 0 Å². The quantitative estimate of drug-likeness (QED) is 0.890. The maximum absolute atomic E-state index is 13.3. The molecule has 112 valence electrons. The Morgan fingerprint density at radius 2 is 2.14 bits per heavy atom. The van der Waals surface area contributed by atoms with Gasteiger partial charge in [0.05, 0.1) is 11.2 Å². The minimum Gasteiger partial charge on any atom is -0.319 e. The topological polar surface area (TPSA) is 38.9 Å². The summed E-state index contributed by atoms with van der Waals surface area (Å²) in [7, 11) is 0. The molecule has 1 aliphatic carbocycles. The van der Waals surface area contributed by atoms with Crippen molar-refractivity contribution in [3.05, 3.63) is 40.2 Å². The molecule has 0 bridgehead atoms. The standard InChI is InChI=1S/C16H18F2N2S/c1-10-3-2-6-16(19,8-10)15-20-14(9-21-15)11-4-5-12(17)13(18)7-11/h4-5,7,9-10H,2-3,6,8,19H2,1H3. The van der Waals surface area contributed by atoms with E-state index in [1.165, 1.54) is 23.8 Å². The number of halogens is 2. The lowest BCUT2D eigenvalue weighted by molar-refractivity contribution is 0.238. The zero-order valence-electron chi connectivity index (χ0n) is 11.9. The summed E-state index contributed by atoms with van der Waals surface area (Å²) in [6, 6.07) is 3.86. The van der Waals surface area contributed by atoms with Gasteiger partial charge in [-0.1, -0.05) is 19.8 Å². The van der Waals surface area contributed by atoms with Crippen LogP contribution in [0.5, 0.6) is 0 Å². The lowest BCUT2D eigenvalue weighted by atomic mass is 9.77. The molecule has 2 N–H and O–H groups in total. The fourth-order valence-electron chi connectivity index (χ4n) is 3.08. The molecule has 0 spiro atoms. The summed E-state index contributed by atoms with van der Waals surface area (Å²) in [5, 5.41) is 2.77. The van der Waals surface area contributed by atoms with Crippen LogP contribution in [0.1, 0.15) is 37.6 Å². The largest absolute Gasteiger partial charge is 0.319 e. The average molecular weight is 308 g/mol. The zero-order chi connectivity index (χ0) is 15.0. The lowest BCUT2D eigenvalue weighted by Gasteiger charge is -2.35. The molecule has 21 heavy (non-hydrogen) atoms. The van der Waals surface area contributed by atoms with Crippen LogP contribution in [0.3, 0.4) is 0 Å². The minimum atomic E-state index is -0.851. The molecule has 2 atom stereocenters. The molecule has 0 aliphatic heterocycles. The predicted molar refractivity (Wildman–Crippen MR) is 81.0 cm³/mol. The van der Waals surface area contributed by atoms with Crippen LogP contribution in [0.4, 0.5) is 8.78 Å². The third kappa shape index (κ3) is 2.85. The van der Waals surface area contributed by atoms with Crippen LogP contribution in [0.25, 0.3) is 11.3 Å². The van der Waals surface area contributed by atoms with Gasteiger partial charge in [0.1, 0.15) is 5.01 Å². The second kappa shape index (κ2) is 5.46. The zero-order valence-corrected chi connectivity index (χ0v) is 12.7. The highest BCUT2D eigenvalue weighted by Crippen LogP contribution is 2.40. The molecule has 5 heteroatoms. The van der Waals surface area contributed by atoms with Crippen molar-refractivity contribution in [2.45, 2.75) is 38.1 Å². The van der Waals surface area contributed by atoms with Gasteiger partial charge in [0, 0.05) is 10.9 Å². The van der Waals surface area contributed by atoms with Crippen LogP contribution in [-0.4, -0.2) is 4.98 Å². The van der Waals surface area contributed by atoms with Crippen molar-refractivity contribution in [3.8, 4) is 11.3 Å². The summed E-state index contributed by atoms with van der Waals surface area (Å²) in [6.07, 6.45) is 4.18. The van der Waals surface area contributed by atoms with E-state index in [2.05, 4.69) is 11.9 Å². The van der Waals surface area contributed by atoms with E-state index in [-0.39, 0.29) is 5.54 Å². The second-order valence-corrected chi connectivity index (χ2v) is 6.88. The van der Waals surface area contributed by atoms with E-state index >= 15 is 0 Å². The van der Waals surface area contributed by atoms with E-state index < -0.39 is 11.6 Å². The Bertz CT molecular complexity index is 655. The maximum Gasteiger partial charge on any atom is 0.159 e. The Hall–Kier alpha value is -1.33. The van der Waals surface area contributed by atoms with Gasteiger partial charge in [0.25, 0.3) is 0 Å². The molecule has 0 radical (unpaired) electrons. The molecule has 1 aliphatic rings. The Labute approximate surface area is 127 Å². The SMILES string of the molecule is CC1CCCC(N)(c2nc(-c3ccc(F)c(F)c3)cs2)C1. The molecule has 0 saturated heterocycles. The average Bonchev–Trinajstić information content (AvgIpc) is 2.92. The highest BCUT2D eigenvalue weighted by atomic mass is 32.1. The molecular formula is C16H18F2N2S. The number of rotatable bonds is 2. The van der Waals surface area contributed by atoms with Crippen molar-refractivity contribution in [3.63, 3.8) is 0 Å². The normalized spacial score (nSPS) is 26.0. The van der Waals surface area contributed by atoms with E-state index in [4.69, 9.17) is 5.73 Å². The van der Waals surface area contributed by atoms with Gasteiger partial charge in [-0.3, -0.25) is 0 Å². The van der Waals surface area contributed by atoms with E-state index in [1.54, 1.807) is 6.07 Å². The first kappa shape index (κ1) is 14.6. The van der Waals surface area contributed by atoms with Crippen molar-refractivity contribution in [1.29, 1.82) is 0 Å². The van der Waals surface area contributed by atoms with Crippen molar-refractivity contribution < 1.29 is 8.78 Å². The van der Waals surface area contributed by atoms with Gasteiger partial charge in [-0.25, -0.2) is 13.8 Å². The first-order valence-electron chi connectivity index (χ1n) is 7.18. The summed E-state index contributed by atoms with van der Waals surface area (Å²) < 4.78 is 26.3. The second-order valence-electron chi connectivity index (χ2n) is 6.02. The molecule has 2 unspecified atom stereocenters. The summed E-state index contributed by atoms with van der Waals surface area (Å²) in [4.78, 5) is 4.59. The van der Waals surface area contributed by atoms with Gasteiger partial charge in [0.2, 0.25) is 0 Å². The van der Waals surface area contributed by atoms with Crippen molar-refractivity contribution in [2.24, 2.45) is 11.7 Å². The fourth-order valence-corrected chi connectivity index (χ4v) is 4.06. The minimum absolute atomic E-state index is 0.376. The Morgan fingerprint density at radius 3 is 2.86 bits per heavy atom. The number of hydrogen-bond acceptors (Lipinski definition) is 3. The van der Waals surface area contributed by atoms with E-state index in [0.717, 1.165) is 30.3 Å². The first-order valence-corrected chi connectivity index (χ1v) is 8.06. The molecule has 1 aromatic carbocycles. The molecule has 2 aromatic rings. The summed E-state index contributed by atoms with van der Waals surface area (Å²) in [5.41, 5.74) is 7.40. The Morgan fingerprint density at radius 1 is 1.33 bits per heavy atom. The van der Waals surface area contributed by atoms with Crippen LogP contribution in [0, 0.1) is 17.6 Å². The van der Waals surface area contributed by atoms with Crippen LogP contribution in [-0.2, 0) is 5.54 Å². The van der Waals surface area contributed by atoms with Gasteiger partial charge in [-0.05, 0) is 37.0 Å². The molecule has 3 rings (SSSR count). The van der Waals surface area contributed by atoms with Crippen molar-refractivity contribution >= 4 is 11.3 Å². The van der Waals surface area contributed by atoms with Gasteiger partial charge in [-0.15, -0.1) is 11.3 Å². The van der Waals surface area contributed by atoms with Crippen molar-refractivity contribution in [1.82, 2.24) is 4.98 Å². The summed E-state index contributed by atoms with van der Waals surface area (Å²) in [5.74, 6) is -1.10. The lowest BCUT2D eigenvalue weighted by Crippen LogP contribution is -2.40. The molecule has 1 saturated carbocycles. The molecule has 1 fully saturated rings. The third-order valence-electron chi connectivity index (χ3n) is 4.18. The van der Waals surface area contributed by atoms with E-state index in [1.807, 2.05) is 5.38 Å². The summed E-state index contributed by atoms with van der Waals surface area (Å²) in [6.45, 7) is 2.21. The maximum atomic E-state index is 13.3. The van der Waals surface area contributed by atoms with Gasteiger partial charge in [0.15, 0.2) is 11.6 Å².